The Morgan fingerprint density at radius 3 is 2.39 bits per heavy atom. The highest BCUT2D eigenvalue weighted by Gasteiger charge is 2.02. The van der Waals surface area contributed by atoms with E-state index in [1.165, 1.54) is 6.20 Å². The molecule has 0 saturated carbocycles. The van der Waals surface area contributed by atoms with Gasteiger partial charge in [0.1, 0.15) is 17.7 Å². The van der Waals surface area contributed by atoms with Crippen LogP contribution in [0.5, 0.6) is 0 Å². The van der Waals surface area contributed by atoms with Gasteiger partial charge in [-0.3, -0.25) is 0 Å². The number of fused-ring (bicyclic) bond motifs is 1. The van der Waals surface area contributed by atoms with Crippen molar-refractivity contribution in [3.05, 3.63) is 52.6 Å². The van der Waals surface area contributed by atoms with Crippen LogP contribution < -0.4 is 5.32 Å². The molecule has 0 aromatic heterocycles. The molecule has 0 spiro atoms. The summed E-state index contributed by atoms with van der Waals surface area (Å²) in [5.74, 6) is 0. The van der Waals surface area contributed by atoms with E-state index in [9.17, 15) is 0 Å². The number of rotatable bonds is 2. The van der Waals surface area contributed by atoms with Crippen molar-refractivity contribution in [2.75, 3.05) is 5.32 Å². The molecule has 0 amide bonds. The van der Waals surface area contributed by atoms with Crippen LogP contribution >= 0.6 is 15.9 Å². The first-order valence-corrected chi connectivity index (χ1v) is 5.99. The average Bonchev–Trinajstić information content (AvgIpc) is 2.42. The molecule has 0 atom stereocenters. The second kappa shape index (κ2) is 5.35. The van der Waals surface area contributed by atoms with E-state index in [1.54, 1.807) is 0 Å². The Morgan fingerprint density at radius 1 is 1.06 bits per heavy atom. The Labute approximate surface area is 113 Å². The van der Waals surface area contributed by atoms with Crippen molar-refractivity contribution in [1.29, 1.82) is 10.5 Å². The summed E-state index contributed by atoms with van der Waals surface area (Å²) in [4.78, 5) is 0. The van der Waals surface area contributed by atoms with Gasteiger partial charge in [0.05, 0.1) is 0 Å². The van der Waals surface area contributed by atoms with Gasteiger partial charge in [0.2, 0.25) is 0 Å². The molecular formula is C14H8BrN3. The van der Waals surface area contributed by atoms with Crippen LogP contribution in [0.15, 0.2) is 52.6 Å². The van der Waals surface area contributed by atoms with Gasteiger partial charge in [-0.25, -0.2) is 0 Å². The second-order valence-electron chi connectivity index (χ2n) is 3.57. The molecule has 4 heteroatoms. The number of nitriles is 2. The molecule has 0 radical (unpaired) electrons. The van der Waals surface area contributed by atoms with E-state index < -0.39 is 0 Å². The van der Waals surface area contributed by atoms with E-state index in [-0.39, 0.29) is 5.57 Å². The minimum atomic E-state index is 0.0435. The smallest absolute Gasteiger partial charge is 0.145 e. The maximum atomic E-state index is 8.67. The predicted octanol–water partition coefficient (Wildman–Crippen LogP) is 3.95. The van der Waals surface area contributed by atoms with E-state index in [1.807, 2.05) is 48.5 Å². The maximum Gasteiger partial charge on any atom is 0.145 e. The van der Waals surface area contributed by atoms with Gasteiger partial charge in [0.15, 0.2) is 0 Å². The molecule has 0 aliphatic rings. The molecule has 0 saturated heterocycles. The first-order valence-electron chi connectivity index (χ1n) is 5.20. The number of hydrogen-bond acceptors (Lipinski definition) is 3. The molecule has 3 nitrogen and oxygen atoms in total. The molecule has 0 bridgehead atoms. The number of anilines is 1. The van der Waals surface area contributed by atoms with Gasteiger partial charge >= 0.3 is 0 Å². The summed E-state index contributed by atoms with van der Waals surface area (Å²) >= 11 is 3.49. The van der Waals surface area contributed by atoms with Crippen LogP contribution in [0.2, 0.25) is 0 Å². The van der Waals surface area contributed by atoms with Crippen LogP contribution in [0.25, 0.3) is 10.8 Å². The highest BCUT2D eigenvalue weighted by Crippen LogP contribution is 2.29. The van der Waals surface area contributed by atoms with Gasteiger partial charge in [-0.15, -0.1) is 0 Å². The average molecular weight is 298 g/mol. The maximum absolute atomic E-state index is 8.67. The molecule has 0 heterocycles. The summed E-state index contributed by atoms with van der Waals surface area (Å²) in [6.07, 6.45) is 1.41. The third kappa shape index (κ3) is 2.34. The molecule has 18 heavy (non-hydrogen) atoms. The minimum Gasteiger partial charge on any atom is -0.359 e. The van der Waals surface area contributed by atoms with Crippen LogP contribution in [-0.2, 0) is 0 Å². The zero-order chi connectivity index (χ0) is 13.0. The highest BCUT2D eigenvalue weighted by atomic mass is 79.9. The number of hydrogen-bond donors (Lipinski definition) is 1. The summed E-state index contributed by atoms with van der Waals surface area (Å²) in [6.45, 7) is 0. The van der Waals surface area contributed by atoms with E-state index in [0.717, 1.165) is 20.9 Å². The van der Waals surface area contributed by atoms with E-state index >= 15 is 0 Å². The van der Waals surface area contributed by atoms with Gasteiger partial charge in [-0.05, 0) is 17.5 Å². The molecule has 2 aromatic carbocycles. The van der Waals surface area contributed by atoms with Gasteiger partial charge in [0, 0.05) is 21.7 Å². The molecule has 1 N–H and O–H groups in total. The quantitative estimate of drug-likeness (QED) is 0.854. The Balaban J connectivity index is 2.48. The van der Waals surface area contributed by atoms with Crippen LogP contribution in [0.1, 0.15) is 0 Å². The summed E-state index contributed by atoms with van der Waals surface area (Å²) < 4.78 is 1.01. The van der Waals surface area contributed by atoms with Crippen LogP contribution in [0.3, 0.4) is 0 Å². The van der Waals surface area contributed by atoms with Crippen molar-refractivity contribution in [1.82, 2.24) is 0 Å². The standard InChI is InChI=1S/C14H8BrN3/c15-13-5-6-14(18-9-10(7-16)8-17)12-4-2-1-3-11(12)13/h1-6,9,18H. The molecule has 0 aliphatic heterocycles. The van der Waals surface area contributed by atoms with E-state index in [4.69, 9.17) is 10.5 Å². The lowest BCUT2D eigenvalue weighted by atomic mass is 10.1. The van der Waals surface area contributed by atoms with Crippen LogP contribution in [-0.4, -0.2) is 0 Å². The molecule has 2 aromatic rings. The Bertz CT molecular complexity index is 689. The second-order valence-corrected chi connectivity index (χ2v) is 4.42. The minimum absolute atomic E-state index is 0.0435. The number of allylic oxidation sites excluding steroid dienone is 1. The first-order chi connectivity index (χ1) is 8.76. The van der Waals surface area contributed by atoms with Crippen molar-refractivity contribution in [2.24, 2.45) is 0 Å². The molecular weight excluding hydrogens is 290 g/mol. The Kier molecular flexibility index (Phi) is 3.62. The number of halogens is 1. The summed E-state index contributed by atoms with van der Waals surface area (Å²) in [5.41, 5.74) is 0.902. The van der Waals surface area contributed by atoms with Crippen LogP contribution in [0.4, 0.5) is 5.69 Å². The highest BCUT2D eigenvalue weighted by molar-refractivity contribution is 9.10. The van der Waals surface area contributed by atoms with E-state index in [2.05, 4.69) is 21.2 Å². The lowest BCUT2D eigenvalue weighted by Gasteiger charge is -2.07. The third-order valence-electron chi connectivity index (χ3n) is 2.48. The Morgan fingerprint density at radius 2 is 1.72 bits per heavy atom. The summed E-state index contributed by atoms with van der Waals surface area (Å²) in [6, 6.07) is 15.3. The number of nitrogens with zero attached hydrogens (tertiary/aromatic N) is 2. The first kappa shape index (κ1) is 12.2. The van der Waals surface area contributed by atoms with Crippen molar-refractivity contribution >= 4 is 32.4 Å². The Hall–Kier alpha value is -2.30. The fraction of sp³-hybridized carbons (Fsp3) is 0. The largest absolute Gasteiger partial charge is 0.359 e. The van der Waals surface area contributed by atoms with Crippen molar-refractivity contribution in [3.63, 3.8) is 0 Å². The van der Waals surface area contributed by atoms with Gasteiger partial charge in [-0.2, -0.15) is 10.5 Å². The molecule has 0 aliphatic carbocycles. The fourth-order valence-electron chi connectivity index (χ4n) is 1.63. The summed E-state index contributed by atoms with van der Waals surface area (Å²) in [7, 11) is 0. The zero-order valence-corrected chi connectivity index (χ0v) is 10.9. The van der Waals surface area contributed by atoms with Crippen molar-refractivity contribution < 1.29 is 0 Å². The van der Waals surface area contributed by atoms with Crippen molar-refractivity contribution in [3.8, 4) is 12.1 Å². The van der Waals surface area contributed by atoms with Gasteiger partial charge < -0.3 is 5.32 Å². The van der Waals surface area contributed by atoms with Crippen LogP contribution in [0, 0.1) is 22.7 Å². The zero-order valence-electron chi connectivity index (χ0n) is 9.31. The summed E-state index contributed by atoms with van der Waals surface area (Å²) in [5, 5.41) is 22.4. The lowest BCUT2D eigenvalue weighted by molar-refractivity contribution is 1.45. The van der Waals surface area contributed by atoms with Crippen molar-refractivity contribution in [2.45, 2.75) is 0 Å². The fourth-order valence-corrected chi connectivity index (χ4v) is 2.11. The van der Waals surface area contributed by atoms with Gasteiger partial charge in [-0.1, -0.05) is 40.2 Å². The molecule has 0 fully saturated rings. The number of benzene rings is 2. The normalized spacial score (nSPS) is 9.28. The topological polar surface area (TPSA) is 59.6 Å². The number of nitrogens with one attached hydrogen (secondary N) is 1. The molecule has 0 unspecified atom stereocenters. The van der Waals surface area contributed by atoms with E-state index in [0.29, 0.717) is 0 Å². The molecule has 86 valence electrons. The lowest BCUT2D eigenvalue weighted by Crippen LogP contribution is -1.91. The monoisotopic (exact) mass is 297 g/mol. The van der Waals surface area contributed by atoms with Gasteiger partial charge in [0.25, 0.3) is 0 Å². The molecule has 2 rings (SSSR count). The third-order valence-corrected chi connectivity index (χ3v) is 3.18. The predicted molar refractivity (Wildman–Crippen MR) is 74.6 cm³/mol. The SMILES string of the molecule is N#CC(C#N)=CNc1ccc(Br)c2ccccc12.